The van der Waals surface area contributed by atoms with Crippen molar-refractivity contribution in [1.29, 1.82) is 0 Å². The molecule has 146 valence electrons. The zero-order chi connectivity index (χ0) is 20.3. The molecule has 29 heavy (non-hydrogen) atoms. The van der Waals surface area contributed by atoms with Gasteiger partial charge in [-0.1, -0.05) is 24.3 Å². The summed E-state index contributed by atoms with van der Waals surface area (Å²) in [5.41, 5.74) is 1.43. The minimum atomic E-state index is -3.80. The molecule has 2 aromatic carbocycles. The molecule has 7 nitrogen and oxygen atoms in total. The second kappa shape index (κ2) is 7.86. The molecule has 0 aliphatic rings. The molecular weight excluding hydrogens is 390 g/mol. The number of carbonyl (C=O) groups excluding carboxylic acids is 1. The van der Waals surface area contributed by atoms with E-state index in [4.69, 9.17) is 4.42 Å². The maximum Gasteiger partial charge on any atom is 0.255 e. The number of nitrogens with one attached hydrogen (secondary N) is 2. The summed E-state index contributed by atoms with van der Waals surface area (Å²) in [6.45, 7) is 0.0213. The molecule has 4 aromatic rings. The fourth-order valence-corrected chi connectivity index (χ4v) is 3.91. The van der Waals surface area contributed by atoms with Crippen LogP contribution in [0.15, 0.2) is 88.5 Å². The van der Waals surface area contributed by atoms with Crippen molar-refractivity contribution in [3.05, 3.63) is 90.5 Å². The van der Waals surface area contributed by atoms with Gasteiger partial charge in [0.1, 0.15) is 5.76 Å². The second-order valence-corrected chi connectivity index (χ2v) is 8.03. The summed E-state index contributed by atoms with van der Waals surface area (Å²) >= 11 is 0. The average molecular weight is 407 g/mol. The van der Waals surface area contributed by atoms with Gasteiger partial charge in [0.2, 0.25) is 10.0 Å². The van der Waals surface area contributed by atoms with E-state index in [9.17, 15) is 13.2 Å². The molecule has 2 N–H and O–H groups in total. The predicted molar refractivity (Wildman–Crippen MR) is 109 cm³/mol. The highest BCUT2D eigenvalue weighted by atomic mass is 32.2. The Morgan fingerprint density at radius 2 is 1.83 bits per heavy atom. The van der Waals surface area contributed by atoms with Crippen LogP contribution in [-0.2, 0) is 16.6 Å². The van der Waals surface area contributed by atoms with Crippen LogP contribution >= 0.6 is 0 Å². The lowest BCUT2D eigenvalue weighted by Crippen LogP contribution is -2.23. The summed E-state index contributed by atoms with van der Waals surface area (Å²) in [6, 6.07) is 18.4. The van der Waals surface area contributed by atoms with E-state index < -0.39 is 15.9 Å². The molecule has 4 rings (SSSR count). The highest BCUT2D eigenvalue weighted by Crippen LogP contribution is 2.22. The van der Waals surface area contributed by atoms with Gasteiger partial charge in [-0.2, -0.15) is 0 Å². The molecule has 1 amide bonds. The number of sulfonamides is 1. The van der Waals surface area contributed by atoms with E-state index in [1.165, 1.54) is 24.5 Å². The summed E-state index contributed by atoms with van der Waals surface area (Å²) in [5.74, 6) is 0.0668. The molecule has 0 aliphatic carbocycles. The first-order chi connectivity index (χ1) is 14.0. The Labute approximate surface area is 167 Å². The number of hydrogen-bond acceptors (Lipinski definition) is 5. The molecule has 8 heteroatoms. The fraction of sp³-hybridized carbons (Fsp3) is 0.0476. The Balaban J connectivity index is 1.55. The van der Waals surface area contributed by atoms with Crippen molar-refractivity contribution in [1.82, 2.24) is 9.71 Å². The molecule has 2 aromatic heterocycles. The Morgan fingerprint density at radius 3 is 2.66 bits per heavy atom. The number of fused-ring (bicyclic) bond motifs is 1. The topological polar surface area (TPSA) is 101 Å². The summed E-state index contributed by atoms with van der Waals surface area (Å²) in [5, 5.41) is 3.69. The quantitative estimate of drug-likeness (QED) is 0.509. The number of pyridine rings is 1. The van der Waals surface area contributed by atoms with Gasteiger partial charge in [-0.05, 0) is 42.5 Å². The molecular formula is C21H17N3O4S. The predicted octanol–water partition coefficient (Wildman–Crippen LogP) is 3.56. The van der Waals surface area contributed by atoms with Gasteiger partial charge in [-0.25, -0.2) is 13.1 Å². The van der Waals surface area contributed by atoms with Gasteiger partial charge in [0, 0.05) is 17.1 Å². The molecule has 0 fully saturated rings. The number of para-hydroxylation sites is 1. The molecule has 2 heterocycles. The number of furan rings is 1. The lowest BCUT2D eigenvalue weighted by molar-refractivity contribution is 0.102. The Kier molecular flexibility index (Phi) is 5.11. The second-order valence-electron chi connectivity index (χ2n) is 6.27. The third-order valence-corrected chi connectivity index (χ3v) is 5.70. The van der Waals surface area contributed by atoms with Crippen LogP contribution in [0.2, 0.25) is 0 Å². The molecule has 0 unspecified atom stereocenters. The largest absolute Gasteiger partial charge is 0.468 e. The number of carbonyl (C=O) groups is 1. The molecule has 0 radical (unpaired) electrons. The van der Waals surface area contributed by atoms with E-state index in [0.717, 1.165) is 5.39 Å². The maximum atomic E-state index is 12.7. The number of anilines is 1. The summed E-state index contributed by atoms with van der Waals surface area (Å²) < 4.78 is 32.7. The van der Waals surface area contributed by atoms with Crippen LogP contribution in [0, 0.1) is 0 Å². The van der Waals surface area contributed by atoms with Crippen molar-refractivity contribution >= 4 is 32.5 Å². The third kappa shape index (κ3) is 4.18. The van der Waals surface area contributed by atoms with E-state index >= 15 is 0 Å². The number of hydrogen-bond donors (Lipinski definition) is 2. The summed E-state index contributed by atoms with van der Waals surface area (Å²) in [7, 11) is -3.80. The van der Waals surface area contributed by atoms with Crippen LogP contribution in [0.5, 0.6) is 0 Å². The van der Waals surface area contributed by atoms with Crippen molar-refractivity contribution in [3.8, 4) is 0 Å². The van der Waals surface area contributed by atoms with Gasteiger partial charge in [-0.3, -0.25) is 9.78 Å². The van der Waals surface area contributed by atoms with Crippen LogP contribution in [0.3, 0.4) is 0 Å². The zero-order valence-electron chi connectivity index (χ0n) is 15.2. The van der Waals surface area contributed by atoms with Crippen molar-refractivity contribution < 1.29 is 17.6 Å². The molecule has 0 aliphatic heterocycles. The Morgan fingerprint density at radius 1 is 1.00 bits per heavy atom. The van der Waals surface area contributed by atoms with Gasteiger partial charge in [-0.15, -0.1) is 0 Å². The summed E-state index contributed by atoms with van der Waals surface area (Å²) in [6.07, 6.45) is 3.12. The van der Waals surface area contributed by atoms with Gasteiger partial charge >= 0.3 is 0 Å². The first-order valence-electron chi connectivity index (χ1n) is 8.80. The van der Waals surface area contributed by atoms with Crippen LogP contribution in [0.25, 0.3) is 10.9 Å². The van der Waals surface area contributed by atoms with Gasteiger partial charge < -0.3 is 9.73 Å². The summed E-state index contributed by atoms with van der Waals surface area (Å²) in [4.78, 5) is 17.0. The van der Waals surface area contributed by atoms with Crippen molar-refractivity contribution in [3.63, 3.8) is 0 Å². The van der Waals surface area contributed by atoms with E-state index in [1.807, 2.05) is 24.3 Å². The minimum Gasteiger partial charge on any atom is -0.468 e. The zero-order valence-corrected chi connectivity index (χ0v) is 16.0. The van der Waals surface area contributed by atoms with Crippen molar-refractivity contribution in [2.75, 3.05) is 5.32 Å². The molecule has 0 saturated carbocycles. The lowest BCUT2D eigenvalue weighted by Gasteiger charge is -2.10. The molecule has 0 atom stereocenters. The van der Waals surface area contributed by atoms with Crippen LogP contribution in [0.1, 0.15) is 16.1 Å². The number of aromatic nitrogens is 1. The fourth-order valence-electron chi connectivity index (χ4n) is 2.87. The molecule has 0 spiro atoms. The number of rotatable bonds is 6. The van der Waals surface area contributed by atoms with Crippen LogP contribution in [0.4, 0.5) is 5.69 Å². The highest BCUT2D eigenvalue weighted by Gasteiger charge is 2.17. The van der Waals surface area contributed by atoms with Gasteiger partial charge in [0.25, 0.3) is 5.91 Å². The van der Waals surface area contributed by atoms with Gasteiger partial charge in [0.05, 0.1) is 28.9 Å². The Hall–Kier alpha value is -3.49. The lowest BCUT2D eigenvalue weighted by atomic mass is 10.1. The van der Waals surface area contributed by atoms with E-state index in [2.05, 4.69) is 15.0 Å². The molecule has 0 bridgehead atoms. The van der Waals surface area contributed by atoms with Crippen LogP contribution in [-0.4, -0.2) is 19.3 Å². The van der Waals surface area contributed by atoms with Crippen LogP contribution < -0.4 is 10.0 Å². The standard InChI is InChI=1S/C21H17N3O4S/c25-21(24-19-10-2-5-15-7-3-11-22-20(15)19)16-6-1-9-18(13-16)29(26,27)23-14-17-8-4-12-28-17/h1-13,23H,14H2,(H,24,25). The monoisotopic (exact) mass is 407 g/mol. The smallest absolute Gasteiger partial charge is 0.255 e. The average Bonchev–Trinajstić information content (AvgIpc) is 3.26. The van der Waals surface area contributed by atoms with Crippen molar-refractivity contribution in [2.24, 2.45) is 0 Å². The Bertz CT molecular complexity index is 1260. The molecule has 0 saturated heterocycles. The highest BCUT2D eigenvalue weighted by molar-refractivity contribution is 7.89. The van der Waals surface area contributed by atoms with Gasteiger partial charge in [0.15, 0.2) is 0 Å². The normalized spacial score (nSPS) is 11.4. The van der Waals surface area contributed by atoms with E-state index in [1.54, 1.807) is 30.5 Å². The van der Waals surface area contributed by atoms with Crippen molar-refractivity contribution in [2.45, 2.75) is 11.4 Å². The van der Waals surface area contributed by atoms with E-state index in [0.29, 0.717) is 17.0 Å². The minimum absolute atomic E-state index is 0.00671. The number of benzene rings is 2. The number of nitrogens with zero attached hydrogens (tertiary/aromatic N) is 1. The first kappa shape index (κ1) is 18.9. The van der Waals surface area contributed by atoms with E-state index in [-0.39, 0.29) is 17.0 Å². The SMILES string of the molecule is O=C(Nc1cccc2cccnc12)c1cccc(S(=O)(=O)NCc2ccco2)c1. The third-order valence-electron chi connectivity index (χ3n) is 4.30. The maximum absolute atomic E-state index is 12.7. The number of amides is 1. The first-order valence-corrected chi connectivity index (χ1v) is 10.3.